The number of alkyl halides is 3. The van der Waals surface area contributed by atoms with E-state index in [1.165, 1.54) is 69.7 Å². The number of phosphoric acid groups is 1. The van der Waals surface area contributed by atoms with Crippen molar-refractivity contribution < 1.29 is 74.4 Å². The number of halogens is 3. The van der Waals surface area contributed by atoms with E-state index in [1.54, 1.807) is 0 Å². The van der Waals surface area contributed by atoms with Crippen molar-refractivity contribution in [2.75, 3.05) is 24.7 Å². The Bertz CT molecular complexity index is 971. The summed E-state index contributed by atoms with van der Waals surface area (Å²) in [5.74, 6) is -1.30. The van der Waals surface area contributed by atoms with E-state index in [0.29, 0.717) is 23.8 Å². The third-order valence-electron chi connectivity index (χ3n) is 5.70. The van der Waals surface area contributed by atoms with E-state index in [4.69, 9.17) is 4.74 Å². The summed E-state index contributed by atoms with van der Waals surface area (Å²) < 4.78 is 89.0. The van der Waals surface area contributed by atoms with Crippen molar-refractivity contribution in [2.24, 2.45) is 0 Å². The Morgan fingerprint density at radius 3 is 1.97 bits per heavy atom. The maximum atomic E-state index is 13.1. The first-order valence-electron chi connectivity index (χ1n) is 13.2. The molecule has 0 aromatic heterocycles. The first-order chi connectivity index (χ1) is 17.9. The Labute approximate surface area is 253 Å². The Hall–Kier alpha value is -0.550. The first kappa shape index (κ1) is 38.5. The van der Waals surface area contributed by atoms with Crippen LogP contribution in [0.5, 0.6) is 5.75 Å². The van der Waals surface area contributed by atoms with E-state index in [9.17, 15) is 31.0 Å². The van der Waals surface area contributed by atoms with Crippen LogP contribution in [0.2, 0.25) is 0 Å². The quantitative estimate of drug-likeness (QED) is 0.0903. The number of hydrogen-bond acceptors (Lipinski definition) is 7. The first-order valence-corrected chi connectivity index (χ1v) is 16.5. The van der Waals surface area contributed by atoms with E-state index in [-0.39, 0.29) is 60.7 Å². The number of unbranched alkanes of at least 4 members (excludes halogenated alkanes) is 9. The molecule has 13 heteroatoms. The van der Waals surface area contributed by atoms with E-state index in [1.807, 2.05) is 0 Å². The fourth-order valence-electron chi connectivity index (χ4n) is 3.64. The molecule has 7 nitrogen and oxygen atoms in total. The topological polar surface area (TPSA) is 102 Å². The molecule has 0 radical (unpaired) electrons. The molecule has 1 atom stereocenters. The van der Waals surface area contributed by atoms with Crippen molar-refractivity contribution in [3.05, 3.63) is 41.7 Å². The van der Waals surface area contributed by atoms with Gasteiger partial charge in [-0.05, 0) is 43.5 Å². The summed E-state index contributed by atoms with van der Waals surface area (Å²) in [5, 5.41) is 0. The van der Waals surface area contributed by atoms with Crippen LogP contribution in [0.4, 0.5) is 13.2 Å². The number of sulfone groups is 1. The van der Waals surface area contributed by atoms with Gasteiger partial charge in [-0.25, -0.2) is 8.42 Å². The van der Waals surface area contributed by atoms with Crippen molar-refractivity contribution in [3.8, 4) is 5.75 Å². The molecule has 0 bridgehead atoms. The third-order valence-corrected chi connectivity index (χ3v) is 8.39. The van der Waals surface area contributed by atoms with E-state index < -0.39 is 29.6 Å². The molecule has 0 aliphatic rings. The van der Waals surface area contributed by atoms with Crippen LogP contribution in [-0.2, 0) is 29.9 Å². The monoisotopic (exact) mass is 608 g/mol. The Morgan fingerprint density at radius 2 is 1.46 bits per heavy atom. The molecule has 0 saturated carbocycles. The summed E-state index contributed by atoms with van der Waals surface area (Å²) in [6, 6.07) is 6.00. The zero-order chi connectivity index (χ0) is 28.5. The molecule has 0 amide bonds. The van der Waals surface area contributed by atoms with Gasteiger partial charge in [-0.15, -0.1) is 0 Å². The predicted molar refractivity (Wildman–Crippen MR) is 141 cm³/mol. The van der Waals surface area contributed by atoms with E-state index in [2.05, 4.69) is 16.0 Å². The standard InChI is InChI=1S/C26H42F3O7PS.Na/c1-3-5-6-7-8-9-10-11-12-13-21-38(32,33)22-20-34-24-17-14-23(15-18-24)16-19-25(26(27,28)29)36-37(30,31)35-4-2;/h14-15,17-19H,3-13,16,20-22H2,1-2H3,(H,30,31);/q;+1/p-1/b25-19-;. The van der Waals surface area contributed by atoms with Gasteiger partial charge in [-0.2, -0.15) is 13.2 Å². The van der Waals surface area contributed by atoms with Gasteiger partial charge in [0.1, 0.15) is 12.4 Å². The molecule has 0 spiro atoms. The van der Waals surface area contributed by atoms with Gasteiger partial charge >= 0.3 is 43.6 Å². The molecule has 220 valence electrons. The van der Waals surface area contributed by atoms with Gasteiger partial charge in [0.2, 0.25) is 5.76 Å². The number of rotatable bonds is 21. The van der Waals surface area contributed by atoms with Crippen LogP contribution in [0.3, 0.4) is 0 Å². The van der Waals surface area contributed by atoms with Gasteiger partial charge in [-0.3, -0.25) is 4.57 Å². The van der Waals surface area contributed by atoms with E-state index in [0.717, 1.165) is 19.3 Å². The van der Waals surface area contributed by atoms with Crippen LogP contribution in [0.25, 0.3) is 0 Å². The van der Waals surface area contributed by atoms with Crippen LogP contribution in [0.1, 0.15) is 83.6 Å². The number of ether oxygens (including phenoxy) is 1. The molecule has 0 heterocycles. The van der Waals surface area contributed by atoms with Gasteiger partial charge in [-0.1, -0.05) is 76.8 Å². The fraction of sp³-hybridized carbons (Fsp3) is 0.692. The van der Waals surface area contributed by atoms with Gasteiger partial charge in [0, 0.05) is 0 Å². The summed E-state index contributed by atoms with van der Waals surface area (Å²) in [6.07, 6.45) is 6.59. The van der Waals surface area contributed by atoms with Gasteiger partial charge in [0.05, 0.1) is 18.1 Å². The Balaban J connectivity index is 0.0000144. The summed E-state index contributed by atoms with van der Waals surface area (Å²) in [7, 11) is -8.36. The minimum Gasteiger partial charge on any atom is -0.746 e. The van der Waals surface area contributed by atoms with Crippen LogP contribution in [0.15, 0.2) is 36.1 Å². The number of benzene rings is 1. The SMILES string of the molecule is CCCCCCCCCCCCS(=O)(=O)CCOc1ccc(C/C=C(\OP(=O)([O-])OCC)C(F)(F)F)cc1.[Na+]. The van der Waals surface area contributed by atoms with Crippen molar-refractivity contribution in [1.82, 2.24) is 0 Å². The normalized spacial score (nSPS) is 13.9. The fourth-order valence-corrected chi connectivity index (χ4v) is 5.61. The summed E-state index contributed by atoms with van der Waals surface area (Å²) in [5.41, 5.74) is 0.438. The Morgan fingerprint density at radius 1 is 0.923 bits per heavy atom. The van der Waals surface area contributed by atoms with Gasteiger partial charge in [0.15, 0.2) is 9.84 Å². The van der Waals surface area contributed by atoms with Crippen molar-refractivity contribution in [3.63, 3.8) is 0 Å². The largest absolute Gasteiger partial charge is 1.00 e. The molecule has 0 N–H and O–H groups in total. The number of allylic oxidation sites excluding steroid dienone is 2. The molecule has 0 aliphatic heterocycles. The zero-order valence-corrected chi connectivity index (χ0v) is 27.1. The van der Waals surface area contributed by atoms with E-state index >= 15 is 0 Å². The molecule has 0 aliphatic carbocycles. The summed E-state index contributed by atoms with van der Waals surface area (Å²) in [6.45, 7) is 3.12. The minimum absolute atomic E-state index is 0. The molecule has 1 aromatic rings. The number of phosphoric ester groups is 1. The third kappa shape index (κ3) is 19.2. The molecule has 39 heavy (non-hydrogen) atoms. The average molecular weight is 609 g/mol. The molecule has 1 unspecified atom stereocenters. The maximum Gasteiger partial charge on any atom is 1.00 e. The molecular weight excluding hydrogens is 567 g/mol. The summed E-state index contributed by atoms with van der Waals surface area (Å²) >= 11 is 0. The average Bonchev–Trinajstić information content (AvgIpc) is 2.83. The predicted octanol–water partition coefficient (Wildman–Crippen LogP) is 3.92. The second-order valence-corrected chi connectivity index (χ2v) is 12.7. The molecule has 1 aromatic carbocycles. The smallest absolute Gasteiger partial charge is 0.746 e. The van der Waals surface area contributed by atoms with Gasteiger partial charge < -0.3 is 18.7 Å². The van der Waals surface area contributed by atoms with Crippen LogP contribution in [-0.4, -0.2) is 39.3 Å². The maximum absolute atomic E-state index is 13.1. The summed E-state index contributed by atoms with van der Waals surface area (Å²) in [4.78, 5) is 11.4. The molecule has 0 saturated heterocycles. The molecule has 0 fully saturated rings. The minimum atomic E-state index is -5.13. The van der Waals surface area contributed by atoms with Gasteiger partial charge in [0.25, 0.3) is 0 Å². The Kier molecular flexibility index (Phi) is 20.1. The molecular formula is C26H41F3NaO7PS. The van der Waals surface area contributed by atoms with Crippen molar-refractivity contribution in [2.45, 2.75) is 90.7 Å². The number of hydrogen-bond donors (Lipinski definition) is 0. The van der Waals surface area contributed by atoms with Crippen molar-refractivity contribution >= 4 is 17.7 Å². The van der Waals surface area contributed by atoms with Crippen LogP contribution < -0.4 is 39.2 Å². The van der Waals surface area contributed by atoms with Crippen LogP contribution in [0, 0.1) is 0 Å². The molecule has 1 rings (SSSR count). The second-order valence-electron chi connectivity index (χ2n) is 9.05. The van der Waals surface area contributed by atoms with Crippen molar-refractivity contribution in [1.29, 1.82) is 0 Å². The zero-order valence-electron chi connectivity index (χ0n) is 23.3. The second kappa shape index (κ2) is 20.3. The van der Waals surface area contributed by atoms with Crippen LogP contribution >= 0.6 is 7.82 Å².